The molecule has 1 saturated carbocycles. The van der Waals surface area contributed by atoms with Gasteiger partial charge in [-0.25, -0.2) is 0 Å². The van der Waals surface area contributed by atoms with Gasteiger partial charge in [-0.05, 0) is 36.3 Å². The highest BCUT2D eigenvalue weighted by atomic mass is 14.4. The Morgan fingerprint density at radius 1 is 1.23 bits per heavy atom. The topological polar surface area (TPSA) is 0 Å². The van der Waals surface area contributed by atoms with E-state index in [4.69, 9.17) is 0 Å². The molecule has 0 heteroatoms. The number of allylic oxidation sites excluding steroid dienone is 6. The number of hydrogen-bond donors (Lipinski definition) is 0. The number of fused-ring (bicyclic) bond motifs is 3. The molecule has 1 fully saturated rings. The number of rotatable bonds is 0. The molecule has 3 atom stereocenters. The summed E-state index contributed by atoms with van der Waals surface area (Å²) < 4.78 is 0. The van der Waals surface area contributed by atoms with Gasteiger partial charge in [-0.1, -0.05) is 37.1 Å². The Bertz CT molecular complexity index is 293. The monoisotopic (exact) mass is 171 g/mol. The second-order valence-corrected chi connectivity index (χ2v) is 4.46. The molecule has 0 N–H and O–H groups in total. The van der Waals surface area contributed by atoms with Crippen molar-refractivity contribution in [3.05, 3.63) is 36.0 Å². The van der Waals surface area contributed by atoms with Crippen molar-refractivity contribution in [3.8, 4) is 0 Å². The van der Waals surface area contributed by atoms with E-state index in [9.17, 15) is 0 Å². The second kappa shape index (κ2) is 2.87. The highest BCUT2D eigenvalue weighted by Gasteiger charge is 2.34. The summed E-state index contributed by atoms with van der Waals surface area (Å²) in [5.41, 5.74) is 1.43. The van der Waals surface area contributed by atoms with Gasteiger partial charge in [0.2, 0.25) is 0 Å². The maximum atomic E-state index is 3.45. The molecular weight excluding hydrogens is 156 g/mol. The summed E-state index contributed by atoms with van der Waals surface area (Å²) in [6, 6.07) is 0. The Hall–Kier alpha value is -0.780. The molecule has 3 aliphatic rings. The van der Waals surface area contributed by atoms with E-state index in [1.165, 1.54) is 31.3 Å². The van der Waals surface area contributed by atoms with Gasteiger partial charge in [0.15, 0.2) is 0 Å². The van der Waals surface area contributed by atoms with Crippen LogP contribution < -0.4 is 0 Å². The van der Waals surface area contributed by atoms with Crippen LogP contribution in [-0.2, 0) is 0 Å². The van der Waals surface area contributed by atoms with Crippen molar-refractivity contribution in [2.75, 3.05) is 0 Å². The van der Waals surface area contributed by atoms with Crippen molar-refractivity contribution < 1.29 is 0 Å². The van der Waals surface area contributed by atoms with Crippen molar-refractivity contribution in [2.24, 2.45) is 17.8 Å². The Labute approximate surface area is 80.0 Å². The molecule has 0 aliphatic heterocycles. The van der Waals surface area contributed by atoms with Crippen LogP contribution in [0.4, 0.5) is 0 Å². The lowest BCUT2D eigenvalue weighted by atomic mass is 9.68. The highest BCUT2D eigenvalue weighted by Crippen LogP contribution is 2.44. The summed E-state index contributed by atoms with van der Waals surface area (Å²) in [6.07, 6.45) is 18.3. The summed E-state index contributed by atoms with van der Waals surface area (Å²) >= 11 is 0. The maximum absolute atomic E-state index is 3.45. The van der Waals surface area contributed by atoms with Crippen LogP contribution in [0.1, 0.15) is 25.7 Å². The van der Waals surface area contributed by atoms with E-state index in [0.717, 1.165) is 17.8 Å². The molecule has 0 saturated heterocycles. The van der Waals surface area contributed by atoms with Gasteiger partial charge in [0.25, 0.3) is 0 Å². The Kier molecular flexibility index (Phi) is 1.68. The van der Waals surface area contributed by atoms with Crippen molar-refractivity contribution in [3.63, 3.8) is 0 Å². The first kappa shape index (κ1) is 7.61. The number of hydrogen-bond acceptors (Lipinski definition) is 0. The first-order valence-corrected chi connectivity index (χ1v) is 5.43. The average molecular weight is 171 g/mol. The van der Waals surface area contributed by atoms with Crippen LogP contribution in [0.15, 0.2) is 29.9 Å². The molecule has 3 unspecified atom stereocenters. The van der Waals surface area contributed by atoms with E-state index >= 15 is 0 Å². The van der Waals surface area contributed by atoms with Crippen molar-refractivity contribution in [1.82, 2.24) is 0 Å². The van der Waals surface area contributed by atoms with Gasteiger partial charge >= 0.3 is 0 Å². The molecule has 3 rings (SSSR count). The van der Waals surface area contributed by atoms with Crippen molar-refractivity contribution in [1.29, 1.82) is 0 Å². The van der Waals surface area contributed by atoms with Gasteiger partial charge < -0.3 is 0 Å². The van der Waals surface area contributed by atoms with Crippen LogP contribution in [-0.4, -0.2) is 0 Å². The summed E-state index contributed by atoms with van der Waals surface area (Å²) in [5, 5.41) is 0. The average Bonchev–Trinajstić information content (AvgIpc) is 2.65. The Morgan fingerprint density at radius 3 is 3.15 bits per heavy atom. The Morgan fingerprint density at radius 2 is 2.15 bits per heavy atom. The van der Waals surface area contributed by atoms with Crippen LogP contribution in [0.25, 0.3) is 0 Å². The minimum absolute atomic E-state index is 0.718. The lowest BCUT2D eigenvalue weighted by Gasteiger charge is -2.36. The standard InChI is InChI=1S/C13H15/c1-2-6-12-10(4-1)8-9-11-5-3-7-13(11)12/h3,5,7-8,10,12-13H,1-2,4,6H2. The minimum atomic E-state index is 0.718. The smallest absolute Gasteiger partial charge is 0.00610 e. The Balaban J connectivity index is 1.94. The molecule has 0 aromatic carbocycles. The molecule has 0 aromatic heterocycles. The molecule has 3 aliphatic carbocycles. The zero-order valence-electron chi connectivity index (χ0n) is 7.87. The lowest BCUT2D eigenvalue weighted by Crippen LogP contribution is -2.27. The van der Waals surface area contributed by atoms with E-state index in [1.54, 1.807) is 0 Å². The quantitative estimate of drug-likeness (QED) is 0.524. The molecule has 0 aromatic rings. The first-order valence-electron chi connectivity index (χ1n) is 5.43. The van der Waals surface area contributed by atoms with Crippen LogP contribution in [0.5, 0.6) is 0 Å². The molecule has 0 bridgehead atoms. The fourth-order valence-corrected chi connectivity index (χ4v) is 3.06. The SMILES string of the molecule is [C]1=CC2CCCCC2C2C=CC=C12. The largest absolute Gasteiger partial charge is 0.0767 e. The molecule has 67 valence electrons. The normalized spacial score (nSPS) is 41.2. The fraction of sp³-hybridized carbons (Fsp3) is 0.538. The summed E-state index contributed by atoms with van der Waals surface area (Å²) in [5.74, 6) is 2.45. The molecule has 13 heavy (non-hydrogen) atoms. The third-order valence-electron chi connectivity index (χ3n) is 3.75. The molecule has 0 amide bonds. The fourth-order valence-electron chi connectivity index (χ4n) is 3.06. The van der Waals surface area contributed by atoms with Crippen LogP contribution in [0.3, 0.4) is 0 Å². The minimum Gasteiger partial charge on any atom is -0.0767 e. The first-order chi connectivity index (χ1) is 6.45. The van der Waals surface area contributed by atoms with Crippen LogP contribution >= 0.6 is 0 Å². The van der Waals surface area contributed by atoms with E-state index < -0.39 is 0 Å². The summed E-state index contributed by atoms with van der Waals surface area (Å²) in [6.45, 7) is 0. The van der Waals surface area contributed by atoms with Gasteiger partial charge in [-0.2, -0.15) is 0 Å². The summed E-state index contributed by atoms with van der Waals surface area (Å²) in [4.78, 5) is 0. The van der Waals surface area contributed by atoms with E-state index in [0.29, 0.717) is 0 Å². The predicted molar refractivity (Wildman–Crippen MR) is 54.0 cm³/mol. The lowest BCUT2D eigenvalue weighted by molar-refractivity contribution is 0.237. The van der Waals surface area contributed by atoms with Gasteiger partial charge in [-0.15, -0.1) is 0 Å². The molecular formula is C13H15. The van der Waals surface area contributed by atoms with Gasteiger partial charge in [0.05, 0.1) is 0 Å². The third-order valence-corrected chi connectivity index (χ3v) is 3.75. The third kappa shape index (κ3) is 1.12. The van der Waals surface area contributed by atoms with Crippen molar-refractivity contribution >= 4 is 0 Å². The van der Waals surface area contributed by atoms with E-state index in [-0.39, 0.29) is 0 Å². The van der Waals surface area contributed by atoms with Gasteiger partial charge in [0, 0.05) is 5.92 Å². The van der Waals surface area contributed by atoms with Crippen molar-refractivity contribution in [2.45, 2.75) is 25.7 Å². The van der Waals surface area contributed by atoms with Crippen LogP contribution in [0, 0.1) is 23.8 Å². The predicted octanol–water partition coefficient (Wildman–Crippen LogP) is 3.28. The van der Waals surface area contributed by atoms with Gasteiger partial charge in [0.1, 0.15) is 0 Å². The summed E-state index contributed by atoms with van der Waals surface area (Å²) in [7, 11) is 0. The van der Waals surface area contributed by atoms with E-state index in [1.807, 2.05) is 0 Å². The molecule has 0 nitrogen and oxygen atoms in total. The zero-order chi connectivity index (χ0) is 8.67. The molecule has 1 radical (unpaired) electrons. The molecule has 0 spiro atoms. The van der Waals surface area contributed by atoms with Gasteiger partial charge in [-0.3, -0.25) is 0 Å². The van der Waals surface area contributed by atoms with Crippen LogP contribution in [0.2, 0.25) is 0 Å². The molecule has 0 heterocycles. The van der Waals surface area contributed by atoms with E-state index in [2.05, 4.69) is 30.4 Å². The highest BCUT2D eigenvalue weighted by molar-refractivity contribution is 5.36. The maximum Gasteiger partial charge on any atom is 0.00610 e. The second-order valence-electron chi connectivity index (χ2n) is 4.46. The zero-order valence-corrected chi connectivity index (χ0v) is 7.87.